The Morgan fingerprint density at radius 3 is 2.64 bits per heavy atom. The van der Waals surface area contributed by atoms with E-state index in [0.29, 0.717) is 27.8 Å². The average Bonchev–Trinajstić information content (AvgIpc) is 3.27. The molecule has 1 heterocycles. The van der Waals surface area contributed by atoms with Gasteiger partial charge in [0.2, 0.25) is 5.91 Å². The molecule has 1 aromatic heterocycles. The molecule has 174 valence electrons. The minimum Gasteiger partial charge on any atom is -0.495 e. The number of methoxy groups -OCH3 is 1. The molecule has 3 rings (SSSR count). The molecule has 0 saturated heterocycles. The molecule has 8 nitrogen and oxygen atoms in total. The molecule has 0 fully saturated rings. The molecule has 2 atom stereocenters. The van der Waals surface area contributed by atoms with E-state index in [1.807, 2.05) is 6.92 Å². The molecule has 2 aromatic carbocycles. The van der Waals surface area contributed by atoms with Gasteiger partial charge in [0, 0.05) is 11.6 Å². The van der Waals surface area contributed by atoms with E-state index in [-0.39, 0.29) is 11.7 Å². The highest BCUT2D eigenvalue weighted by molar-refractivity contribution is 7.06. The Bertz CT molecular complexity index is 1170. The molecular formula is C22H21ClFN3O5S. The maximum absolute atomic E-state index is 14.6. The number of primary amides is 1. The molecule has 33 heavy (non-hydrogen) atoms. The van der Waals surface area contributed by atoms with Crippen molar-refractivity contribution in [2.75, 3.05) is 13.7 Å². The molecule has 0 aliphatic carbocycles. The summed E-state index contributed by atoms with van der Waals surface area (Å²) in [5.41, 5.74) is 5.75. The van der Waals surface area contributed by atoms with Crippen LogP contribution in [0.3, 0.4) is 0 Å². The third-order valence-corrected chi connectivity index (χ3v) is 5.95. The van der Waals surface area contributed by atoms with Gasteiger partial charge in [0.15, 0.2) is 0 Å². The molecule has 0 saturated carbocycles. The van der Waals surface area contributed by atoms with Crippen molar-refractivity contribution in [2.24, 2.45) is 5.73 Å². The van der Waals surface area contributed by atoms with E-state index in [9.17, 15) is 14.0 Å². The van der Waals surface area contributed by atoms with E-state index in [1.165, 1.54) is 36.8 Å². The predicted octanol–water partition coefficient (Wildman–Crippen LogP) is 3.33. The Morgan fingerprint density at radius 1 is 1.27 bits per heavy atom. The highest BCUT2D eigenvalue weighted by Crippen LogP contribution is 2.33. The van der Waals surface area contributed by atoms with Crippen molar-refractivity contribution >= 4 is 34.9 Å². The zero-order chi connectivity index (χ0) is 24.1. The van der Waals surface area contributed by atoms with Crippen LogP contribution in [0.15, 0.2) is 42.5 Å². The quantitative estimate of drug-likeness (QED) is 0.420. The van der Waals surface area contributed by atoms with Crippen LogP contribution in [-0.4, -0.2) is 41.1 Å². The Balaban J connectivity index is 1.73. The fraction of sp³-hybridized carbons (Fsp3) is 0.227. The number of ether oxygens (including phenoxy) is 2. The van der Waals surface area contributed by atoms with Gasteiger partial charge in [0.05, 0.1) is 34.9 Å². The first kappa shape index (κ1) is 24.4. The van der Waals surface area contributed by atoms with E-state index in [2.05, 4.69) is 9.69 Å². The molecule has 0 aliphatic rings. The molecule has 3 aromatic rings. The first-order chi connectivity index (χ1) is 15.7. The number of carbonyl (C=O) groups is 2. The smallest absolute Gasteiger partial charge is 0.254 e. The number of amides is 2. The topological polar surface area (TPSA) is 124 Å². The van der Waals surface area contributed by atoms with Crippen molar-refractivity contribution in [1.29, 1.82) is 0 Å². The van der Waals surface area contributed by atoms with Crippen LogP contribution in [0.4, 0.5) is 4.39 Å². The molecule has 1 unspecified atom stereocenters. The summed E-state index contributed by atoms with van der Waals surface area (Å²) >= 11 is 7.33. The maximum Gasteiger partial charge on any atom is 0.254 e. The van der Waals surface area contributed by atoms with Crippen LogP contribution in [0, 0.1) is 5.82 Å². The molecule has 0 radical (unpaired) electrons. The van der Waals surface area contributed by atoms with Gasteiger partial charge in [-0.1, -0.05) is 17.7 Å². The number of aliphatic hydroxyl groups is 1. The van der Waals surface area contributed by atoms with Crippen LogP contribution in [0.1, 0.15) is 28.3 Å². The number of aromatic nitrogens is 1. The van der Waals surface area contributed by atoms with Crippen LogP contribution in [0.5, 0.6) is 11.5 Å². The fourth-order valence-corrected chi connectivity index (χ4v) is 3.87. The van der Waals surface area contributed by atoms with Gasteiger partial charge < -0.3 is 25.6 Å². The SMILES string of the molecule is COc1ccc(OC(C)c2cc(-c3ccc(C(=O)N[C@@H](CO)C(N)=O)c(F)c3)ns2)cc1Cl. The molecule has 0 bridgehead atoms. The Hall–Kier alpha value is -3.21. The van der Waals surface area contributed by atoms with E-state index >= 15 is 0 Å². The van der Waals surface area contributed by atoms with Gasteiger partial charge in [-0.2, -0.15) is 4.37 Å². The maximum atomic E-state index is 14.6. The van der Waals surface area contributed by atoms with Crippen molar-refractivity contribution in [3.63, 3.8) is 0 Å². The third kappa shape index (κ3) is 5.78. The van der Waals surface area contributed by atoms with Crippen molar-refractivity contribution in [2.45, 2.75) is 19.1 Å². The summed E-state index contributed by atoms with van der Waals surface area (Å²) in [6, 6.07) is 9.52. The standard InChI is InChI=1S/C22H21ClFN3O5S/c1-11(32-13-4-6-19(31-2)15(23)8-13)20-9-17(27-33-20)12-3-5-14(16(24)7-12)22(30)26-18(10-28)21(25)29/h3-9,11,18,28H,10H2,1-2H3,(H2,25,29)(H,26,30)/t11?,18-/m0/s1. The normalized spacial score (nSPS) is 12.6. The third-order valence-electron chi connectivity index (χ3n) is 4.71. The van der Waals surface area contributed by atoms with Crippen LogP contribution < -0.4 is 20.5 Å². The zero-order valence-electron chi connectivity index (χ0n) is 17.7. The van der Waals surface area contributed by atoms with Crippen LogP contribution >= 0.6 is 23.1 Å². The van der Waals surface area contributed by atoms with E-state index in [4.69, 9.17) is 31.9 Å². The minimum atomic E-state index is -1.31. The van der Waals surface area contributed by atoms with Crippen LogP contribution in [-0.2, 0) is 4.79 Å². The number of nitrogens with one attached hydrogen (secondary N) is 1. The predicted molar refractivity (Wildman–Crippen MR) is 122 cm³/mol. The first-order valence-corrected chi connectivity index (χ1v) is 10.9. The molecule has 0 spiro atoms. The Kier molecular flexibility index (Phi) is 7.85. The Labute approximate surface area is 198 Å². The molecule has 0 aliphatic heterocycles. The van der Waals surface area contributed by atoms with Gasteiger partial charge >= 0.3 is 0 Å². The number of nitrogens with two attached hydrogens (primary N) is 1. The second-order valence-electron chi connectivity index (χ2n) is 6.98. The Morgan fingerprint density at radius 2 is 2.03 bits per heavy atom. The lowest BCUT2D eigenvalue weighted by atomic mass is 10.1. The minimum absolute atomic E-state index is 0.290. The summed E-state index contributed by atoms with van der Waals surface area (Å²) < 4.78 is 30.0. The summed E-state index contributed by atoms with van der Waals surface area (Å²) in [7, 11) is 1.53. The number of carbonyl (C=O) groups excluding carboxylic acids is 2. The van der Waals surface area contributed by atoms with Gasteiger partial charge in [0.25, 0.3) is 5.91 Å². The second-order valence-corrected chi connectivity index (χ2v) is 8.22. The summed E-state index contributed by atoms with van der Waals surface area (Å²) in [6.45, 7) is 1.16. The number of halogens is 2. The van der Waals surface area contributed by atoms with Crippen LogP contribution in [0.25, 0.3) is 11.3 Å². The zero-order valence-corrected chi connectivity index (χ0v) is 19.2. The lowest BCUT2D eigenvalue weighted by Gasteiger charge is -2.14. The van der Waals surface area contributed by atoms with Crippen molar-refractivity contribution in [3.8, 4) is 22.8 Å². The van der Waals surface area contributed by atoms with Gasteiger partial charge in [0.1, 0.15) is 29.5 Å². The highest BCUT2D eigenvalue weighted by atomic mass is 35.5. The van der Waals surface area contributed by atoms with Crippen molar-refractivity contribution in [3.05, 3.63) is 63.7 Å². The number of benzene rings is 2. The van der Waals surface area contributed by atoms with Gasteiger partial charge in [-0.15, -0.1) is 0 Å². The van der Waals surface area contributed by atoms with Crippen molar-refractivity contribution < 1.29 is 28.6 Å². The van der Waals surface area contributed by atoms with Crippen LogP contribution in [0.2, 0.25) is 5.02 Å². The first-order valence-electron chi connectivity index (χ1n) is 9.71. The monoisotopic (exact) mass is 493 g/mol. The van der Waals surface area contributed by atoms with E-state index in [1.54, 1.807) is 24.3 Å². The summed E-state index contributed by atoms with van der Waals surface area (Å²) in [4.78, 5) is 24.2. The van der Waals surface area contributed by atoms with E-state index in [0.717, 1.165) is 4.88 Å². The summed E-state index contributed by atoms with van der Waals surface area (Å²) in [6.07, 6.45) is -0.347. The number of rotatable bonds is 9. The summed E-state index contributed by atoms with van der Waals surface area (Å²) in [5.74, 6) is -1.50. The van der Waals surface area contributed by atoms with Gasteiger partial charge in [-0.3, -0.25) is 9.59 Å². The lowest BCUT2D eigenvalue weighted by molar-refractivity contribution is -0.120. The van der Waals surface area contributed by atoms with E-state index < -0.39 is 30.3 Å². The number of aliphatic hydroxyl groups excluding tert-OH is 1. The molecular weight excluding hydrogens is 473 g/mol. The lowest BCUT2D eigenvalue weighted by Crippen LogP contribution is -2.47. The number of nitrogens with zero attached hydrogens (tertiary/aromatic N) is 1. The largest absolute Gasteiger partial charge is 0.495 e. The molecule has 2 amide bonds. The number of hydrogen-bond acceptors (Lipinski definition) is 7. The number of hydrogen-bond donors (Lipinski definition) is 3. The highest BCUT2D eigenvalue weighted by Gasteiger charge is 2.21. The summed E-state index contributed by atoms with van der Waals surface area (Å²) in [5, 5.41) is 11.7. The van der Waals surface area contributed by atoms with Gasteiger partial charge in [-0.05, 0) is 48.8 Å². The second kappa shape index (κ2) is 10.6. The molecule has 11 heteroatoms. The van der Waals surface area contributed by atoms with Gasteiger partial charge in [-0.25, -0.2) is 4.39 Å². The fourth-order valence-electron chi connectivity index (χ4n) is 2.90. The molecule has 4 N–H and O–H groups in total. The van der Waals surface area contributed by atoms with Crippen molar-refractivity contribution in [1.82, 2.24) is 9.69 Å². The average molecular weight is 494 g/mol.